The summed E-state index contributed by atoms with van der Waals surface area (Å²) in [6, 6.07) is 10.2. The second-order valence-corrected chi connectivity index (χ2v) is 11.4. The van der Waals surface area contributed by atoms with E-state index in [1.54, 1.807) is 30.6 Å². The van der Waals surface area contributed by atoms with Crippen molar-refractivity contribution >= 4 is 28.2 Å². The van der Waals surface area contributed by atoms with Crippen molar-refractivity contribution in [1.82, 2.24) is 15.0 Å². The van der Waals surface area contributed by atoms with E-state index in [1.165, 1.54) is 11.6 Å². The average molecular weight is 659 g/mol. The molecule has 0 radical (unpaired) electrons. The quantitative estimate of drug-likeness (QED) is 0.120. The number of aromatic amines is 1. The van der Waals surface area contributed by atoms with Crippen molar-refractivity contribution in [1.29, 1.82) is 5.26 Å². The molecule has 1 aliphatic rings. The van der Waals surface area contributed by atoms with Crippen LogP contribution in [-0.4, -0.2) is 81.7 Å². The lowest BCUT2D eigenvalue weighted by atomic mass is 9.77. The SMILES string of the molecule is CC(Nc1ccc(C#N)n(C)c1=O)c1cc2cc(Cl)c(C3CC(OCCOCCOCCOCCOCCN[O-])C3)cc2[nH]c1=O. The van der Waals surface area contributed by atoms with E-state index in [4.69, 9.17) is 40.5 Å². The number of aromatic nitrogens is 2. The molecule has 1 aliphatic carbocycles. The third kappa shape index (κ3) is 9.84. The highest BCUT2D eigenvalue weighted by Gasteiger charge is 2.32. The van der Waals surface area contributed by atoms with E-state index < -0.39 is 6.04 Å². The number of benzene rings is 1. The van der Waals surface area contributed by atoms with Gasteiger partial charge in [0.05, 0.1) is 71.6 Å². The van der Waals surface area contributed by atoms with Gasteiger partial charge in [0.1, 0.15) is 17.5 Å². The summed E-state index contributed by atoms with van der Waals surface area (Å²) in [6.45, 7) is 6.18. The Morgan fingerprint density at radius 3 is 2.26 bits per heavy atom. The van der Waals surface area contributed by atoms with Crippen LogP contribution in [0, 0.1) is 16.5 Å². The van der Waals surface area contributed by atoms with Crippen LogP contribution in [-0.2, 0) is 30.7 Å². The zero-order chi connectivity index (χ0) is 32.9. The van der Waals surface area contributed by atoms with E-state index in [2.05, 4.69) is 10.3 Å². The highest BCUT2D eigenvalue weighted by molar-refractivity contribution is 6.32. The molecule has 1 atom stereocenters. The molecule has 0 aliphatic heterocycles. The van der Waals surface area contributed by atoms with Crippen molar-refractivity contribution in [3.8, 4) is 6.07 Å². The van der Waals surface area contributed by atoms with Crippen LogP contribution in [0.5, 0.6) is 0 Å². The number of anilines is 1. The molecular formula is C32H41ClN5O8-. The smallest absolute Gasteiger partial charge is 0.274 e. The molecule has 1 unspecified atom stereocenters. The molecule has 4 rings (SSSR count). The molecule has 1 aromatic carbocycles. The minimum Gasteiger partial charge on any atom is -0.788 e. The second kappa shape index (κ2) is 18.1. The van der Waals surface area contributed by atoms with Crippen LogP contribution < -0.4 is 21.9 Å². The number of ether oxygens (including phenoxy) is 5. The summed E-state index contributed by atoms with van der Waals surface area (Å²) in [5, 5.41) is 23.7. The highest BCUT2D eigenvalue weighted by atomic mass is 35.5. The van der Waals surface area contributed by atoms with Gasteiger partial charge in [-0.3, -0.25) is 9.59 Å². The Kier molecular flexibility index (Phi) is 14.0. The van der Waals surface area contributed by atoms with Crippen LogP contribution in [0.3, 0.4) is 0 Å². The van der Waals surface area contributed by atoms with Gasteiger partial charge in [-0.2, -0.15) is 5.26 Å². The van der Waals surface area contributed by atoms with E-state index in [9.17, 15) is 14.8 Å². The van der Waals surface area contributed by atoms with Crippen molar-refractivity contribution in [2.75, 3.05) is 71.3 Å². The third-order valence-electron chi connectivity index (χ3n) is 7.83. The number of halogens is 1. The van der Waals surface area contributed by atoms with Crippen LogP contribution in [0.25, 0.3) is 10.9 Å². The van der Waals surface area contributed by atoms with Crippen LogP contribution in [0.2, 0.25) is 5.02 Å². The Morgan fingerprint density at radius 2 is 1.63 bits per heavy atom. The van der Waals surface area contributed by atoms with Gasteiger partial charge < -0.3 is 49.2 Å². The van der Waals surface area contributed by atoms with Gasteiger partial charge in [-0.1, -0.05) is 11.6 Å². The maximum absolute atomic E-state index is 13.0. The van der Waals surface area contributed by atoms with Crippen LogP contribution in [0.4, 0.5) is 5.69 Å². The molecule has 2 heterocycles. The van der Waals surface area contributed by atoms with Gasteiger partial charge in [-0.05, 0) is 61.6 Å². The van der Waals surface area contributed by atoms with Crippen molar-refractivity contribution in [3.05, 3.63) is 78.1 Å². The molecule has 14 heteroatoms. The van der Waals surface area contributed by atoms with Crippen LogP contribution in [0.1, 0.15) is 48.5 Å². The summed E-state index contributed by atoms with van der Waals surface area (Å²) < 4.78 is 28.8. The number of H-pyrrole nitrogens is 1. The zero-order valence-electron chi connectivity index (χ0n) is 26.1. The van der Waals surface area contributed by atoms with Crippen molar-refractivity contribution in [2.45, 2.75) is 37.8 Å². The van der Waals surface area contributed by atoms with E-state index in [0.717, 1.165) is 23.8 Å². The number of nitrogens with zero attached hydrogens (tertiary/aromatic N) is 2. The molecular weight excluding hydrogens is 618 g/mol. The van der Waals surface area contributed by atoms with Gasteiger partial charge in [0, 0.05) is 35.1 Å². The van der Waals surface area contributed by atoms with Gasteiger partial charge in [0.2, 0.25) is 0 Å². The minimum atomic E-state index is -0.468. The first-order valence-electron chi connectivity index (χ1n) is 15.3. The zero-order valence-corrected chi connectivity index (χ0v) is 26.9. The minimum absolute atomic E-state index is 0.123. The predicted molar refractivity (Wildman–Crippen MR) is 174 cm³/mol. The molecule has 3 N–H and O–H groups in total. The normalized spacial score (nSPS) is 16.7. The third-order valence-corrected chi connectivity index (χ3v) is 8.16. The van der Waals surface area contributed by atoms with Gasteiger partial charge in [0.25, 0.3) is 11.1 Å². The fourth-order valence-electron chi connectivity index (χ4n) is 5.17. The van der Waals surface area contributed by atoms with Gasteiger partial charge in [0.15, 0.2) is 0 Å². The molecule has 13 nitrogen and oxygen atoms in total. The molecule has 0 saturated heterocycles. The summed E-state index contributed by atoms with van der Waals surface area (Å²) in [5.41, 5.74) is 3.85. The monoisotopic (exact) mass is 658 g/mol. The number of hydrogen-bond donors (Lipinski definition) is 3. The molecule has 1 saturated carbocycles. The number of rotatable bonds is 20. The number of nitriles is 1. The average Bonchev–Trinajstić information content (AvgIpc) is 3.02. The van der Waals surface area contributed by atoms with E-state index >= 15 is 0 Å². The summed E-state index contributed by atoms with van der Waals surface area (Å²) in [6.07, 6.45) is 1.78. The van der Waals surface area contributed by atoms with Crippen LogP contribution >= 0.6 is 11.6 Å². The van der Waals surface area contributed by atoms with Crippen molar-refractivity contribution in [2.24, 2.45) is 7.05 Å². The highest BCUT2D eigenvalue weighted by Crippen LogP contribution is 2.42. The van der Waals surface area contributed by atoms with Gasteiger partial charge in [-0.15, -0.1) is 0 Å². The van der Waals surface area contributed by atoms with E-state index in [1.807, 2.05) is 18.2 Å². The Labute approximate surface area is 272 Å². The number of nitrogens with one attached hydrogen (secondary N) is 3. The maximum Gasteiger partial charge on any atom is 0.274 e. The number of hydrogen-bond acceptors (Lipinski definition) is 11. The van der Waals surface area contributed by atoms with E-state index in [0.29, 0.717) is 81.3 Å². The van der Waals surface area contributed by atoms with Crippen molar-refractivity contribution in [3.63, 3.8) is 0 Å². The Balaban J connectivity index is 1.16. The Hall–Kier alpha value is -3.32. The number of hydroxylamine groups is 1. The Bertz CT molecular complexity index is 1580. The lowest BCUT2D eigenvalue weighted by molar-refractivity contribution is -0.0473. The largest absolute Gasteiger partial charge is 0.788 e. The number of pyridine rings is 2. The summed E-state index contributed by atoms with van der Waals surface area (Å²) in [7, 11) is 1.53. The molecule has 250 valence electrons. The first kappa shape index (κ1) is 35.5. The summed E-state index contributed by atoms with van der Waals surface area (Å²) >= 11 is 6.70. The maximum atomic E-state index is 13.0. The standard InChI is InChI=1S/C32H41ClN5O8/c1-21(36-29-4-3-24(20-34)38(2)32(29)40)26-17-23-18-28(33)27(19-30(23)37-31(26)39)22-15-25(16-22)46-14-13-45-12-11-44-10-9-43-8-7-42-6-5-35-41/h3-4,17-19,21-22,25,35-36H,5-16H2,1-2H3,(H,37,39)/q-1. The van der Waals surface area contributed by atoms with Crippen LogP contribution in [0.15, 0.2) is 39.9 Å². The first-order chi connectivity index (χ1) is 22.3. The molecule has 2 aromatic heterocycles. The topological polar surface area (TPSA) is 172 Å². The molecule has 1 fully saturated rings. The molecule has 3 aromatic rings. The van der Waals surface area contributed by atoms with Crippen molar-refractivity contribution < 1.29 is 23.7 Å². The predicted octanol–water partition coefficient (Wildman–Crippen LogP) is 3.34. The fourth-order valence-corrected chi connectivity index (χ4v) is 5.50. The molecule has 46 heavy (non-hydrogen) atoms. The number of fused-ring (bicyclic) bond motifs is 1. The van der Waals surface area contributed by atoms with E-state index in [-0.39, 0.29) is 35.4 Å². The Morgan fingerprint density at radius 1 is 1.00 bits per heavy atom. The lowest BCUT2D eigenvalue weighted by Gasteiger charge is -2.36. The summed E-state index contributed by atoms with van der Waals surface area (Å²) in [4.78, 5) is 28.6. The molecule has 0 amide bonds. The first-order valence-corrected chi connectivity index (χ1v) is 15.7. The van der Waals surface area contributed by atoms with Gasteiger partial charge in [-0.25, -0.2) is 0 Å². The van der Waals surface area contributed by atoms with Gasteiger partial charge >= 0.3 is 0 Å². The second-order valence-electron chi connectivity index (χ2n) is 11.0. The molecule has 0 spiro atoms. The lowest BCUT2D eigenvalue weighted by Crippen LogP contribution is -2.31. The summed E-state index contributed by atoms with van der Waals surface area (Å²) in [5.74, 6) is 0.233. The fraction of sp³-hybridized carbons (Fsp3) is 0.531. The molecule has 0 bridgehead atoms.